The number of hydrogen-bond donors (Lipinski definition) is 2. The first kappa shape index (κ1) is 20.8. The molecule has 2 aromatic rings. The summed E-state index contributed by atoms with van der Waals surface area (Å²) < 4.78 is 10.5. The molecule has 0 bridgehead atoms. The highest BCUT2D eigenvalue weighted by Gasteiger charge is 2.14. The van der Waals surface area contributed by atoms with Gasteiger partial charge in [-0.3, -0.25) is 4.79 Å². The van der Waals surface area contributed by atoms with Gasteiger partial charge in [0.05, 0.1) is 30.5 Å². The number of benzene rings is 1. The van der Waals surface area contributed by atoms with Gasteiger partial charge in [-0.05, 0) is 39.2 Å². The molecule has 0 unspecified atom stereocenters. The zero-order chi connectivity index (χ0) is 19.8. The van der Waals surface area contributed by atoms with Crippen molar-refractivity contribution in [1.29, 1.82) is 0 Å². The number of ether oxygens (including phenoxy) is 2. The van der Waals surface area contributed by atoms with Crippen molar-refractivity contribution in [2.24, 2.45) is 0 Å². The first-order chi connectivity index (χ1) is 12.9. The molecular weight excluding hydrogens is 368 g/mol. The maximum atomic E-state index is 12.5. The van der Waals surface area contributed by atoms with Crippen LogP contribution in [0.3, 0.4) is 0 Å². The third-order valence-electron chi connectivity index (χ3n) is 3.84. The molecule has 0 aliphatic rings. The van der Waals surface area contributed by atoms with Crippen molar-refractivity contribution in [3.05, 3.63) is 41.0 Å². The fourth-order valence-electron chi connectivity index (χ4n) is 2.40. The van der Waals surface area contributed by atoms with Gasteiger partial charge in [0.2, 0.25) is 0 Å². The molecule has 1 aromatic heterocycles. The fraction of sp³-hybridized carbons (Fsp3) is 0.368. The highest BCUT2D eigenvalue weighted by atomic mass is 35.5. The number of halogens is 1. The predicted octanol–water partition coefficient (Wildman–Crippen LogP) is 3.37. The number of rotatable bonds is 9. The largest absolute Gasteiger partial charge is 0.495 e. The van der Waals surface area contributed by atoms with E-state index >= 15 is 0 Å². The second-order valence-electron chi connectivity index (χ2n) is 6.16. The van der Waals surface area contributed by atoms with Gasteiger partial charge in [0.25, 0.3) is 5.91 Å². The fourth-order valence-corrected chi connectivity index (χ4v) is 2.63. The molecule has 2 rings (SSSR count). The summed E-state index contributed by atoms with van der Waals surface area (Å²) in [5.74, 6) is 1.32. The van der Waals surface area contributed by atoms with E-state index in [2.05, 4.69) is 20.5 Å². The number of carbonyl (C=O) groups excluding carboxylic acids is 1. The van der Waals surface area contributed by atoms with Gasteiger partial charge in [0, 0.05) is 24.9 Å². The summed E-state index contributed by atoms with van der Waals surface area (Å²) in [6, 6.07) is 6.71. The van der Waals surface area contributed by atoms with Crippen LogP contribution in [0, 0.1) is 0 Å². The number of amides is 1. The summed E-state index contributed by atoms with van der Waals surface area (Å²) in [5.41, 5.74) is 0.902. The van der Waals surface area contributed by atoms with Crippen molar-refractivity contribution < 1.29 is 14.3 Å². The third kappa shape index (κ3) is 6.01. The van der Waals surface area contributed by atoms with Crippen LogP contribution in [-0.2, 0) is 0 Å². The van der Waals surface area contributed by atoms with Crippen molar-refractivity contribution in [3.8, 4) is 11.5 Å². The van der Waals surface area contributed by atoms with E-state index in [1.54, 1.807) is 24.3 Å². The van der Waals surface area contributed by atoms with E-state index in [-0.39, 0.29) is 5.91 Å². The quantitative estimate of drug-likeness (QED) is 0.637. The Balaban J connectivity index is 2.02. The van der Waals surface area contributed by atoms with Crippen molar-refractivity contribution >= 4 is 29.0 Å². The van der Waals surface area contributed by atoms with Crippen molar-refractivity contribution in [3.63, 3.8) is 0 Å². The van der Waals surface area contributed by atoms with Crippen molar-refractivity contribution in [2.75, 3.05) is 52.0 Å². The van der Waals surface area contributed by atoms with E-state index in [1.807, 2.05) is 14.1 Å². The molecular formula is C19H25ClN4O3. The molecule has 0 saturated carbocycles. The molecule has 0 spiro atoms. The number of carbonyl (C=O) groups is 1. The number of anilines is 2. The molecule has 0 saturated heterocycles. The van der Waals surface area contributed by atoms with E-state index in [1.165, 1.54) is 20.4 Å². The average molecular weight is 393 g/mol. The van der Waals surface area contributed by atoms with E-state index < -0.39 is 0 Å². The summed E-state index contributed by atoms with van der Waals surface area (Å²) in [7, 11) is 7.09. The Kier molecular flexibility index (Phi) is 7.69. The number of methoxy groups -OCH3 is 2. The second kappa shape index (κ2) is 9.99. The zero-order valence-corrected chi connectivity index (χ0v) is 16.8. The predicted molar refractivity (Wildman–Crippen MR) is 108 cm³/mol. The monoisotopic (exact) mass is 392 g/mol. The van der Waals surface area contributed by atoms with E-state index in [9.17, 15) is 4.79 Å². The van der Waals surface area contributed by atoms with Gasteiger partial charge in [0.15, 0.2) is 0 Å². The lowest BCUT2D eigenvalue weighted by atomic mass is 10.2. The van der Waals surface area contributed by atoms with Gasteiger partial charge in [-0.15, -0.1) is 0 Å². The van der Waals surface area contributed by atoms with Gasteiger partial charge in [0.1, 0.15) is 17.3 Å². The first-order valence-corrected chi connectivity index (χ1v) is 8.90. The Bertz CT molecular complexity index is 766. The van der Waals surface area contributed by atoms with Crippen LogP contribution in [0.25, 0.3) is 0 Å². The minimum absolute atomic E-state index is 0.302. The molecule has 146 valence electrons. The molecule has 1 amide bonds. The van der Waals surface area contributed by atoms with Crippen LogP contribution in [0.2, 0.25) is 5.02 Å². The standard InChI is InChI=1S/C19H25ClN4O3/c1-24(2)9-5-8-21-18-7-6-13(12-22-18)19(25)23-15-11-16(26-3)14(20)10-17(15)27-4/h6-7,10-12H,5,8-9H2,1-4H3,(H,21,22)(H,23,25). The molecule has 8 heteroatoms. The molecule has 0 aliphatic carbocycles. The van der Waals surface area contributed by atoms with Crippen LogP contribution < -0.4 is 20.1 Å². The van der Waals surface area contributed by atoms with Gasteiger partial charge >= 0.3 is 0 Å². The Morgan fingerprint density at radius 3 is 2.52 bits per heavy atom. The van der Waals surface area contributed by atoms with Crippen LogP contribution in [0.15, 0.2) is 30.5 Å². The lowest BCUT2D eigenvalue weighted by molar-refractivity contribution is 0.102. The Morgan fingerprint density at radius 2 is 1.93 bits per heavy atom. The summed E-state index contributed by atoms with van der Waals surface area (Å²) in [5, 5.41) is 6.43. The molecule has 0 radical (unpaired) electrons. The molecule has 0 fully saturated rings. The maximum Gasteiger partial charge on any atom is 0.257 e. The van der Waals surface area contributed by atoms with Crippen LogP contribution in [0.5, 0.6) is 11.5 Å². The first-order valence-electron chi connectivity index (χ1n) is 8.52. The number of aromatic nitrogens is 1. The van der Waals surface area contributed by atoms with E-state index in [0.717, 1.165) is 25.3 Å². The SMILES string of the molecule is COc1cc(NC(=O)c2ccc(NCCCN(C)C)nc2)c(OC)cc1Cl. The summed E-state index contributed by atoms with van der Waals surface area (Å²) >= 11 is 6.08. The molecule has 27 heavy (non-hydrogen) atoms. The molecule has 0 atom stereocenters. The number of hydrogen-bond acceptors (Lipinski definition) is 6. The molecule has 2 N–H and O–H groups in total. The van der Waals surface area contributed by atoms with Gasteiger partial charge < -0.3 is 25.0 Å². The Morgan fingerprint density at radius 1 is 1.19 bits per heavy atom. The average Bonchev–Trinajstić information content (AvgIpc) is 2.66. The van der Waals surface area contributed by atoms with Gasteiger partial charge in [-0.25, -0.2) is 4.98 Å². The topological polar surface area (TPSA) is 75.7 Å². The highest BCUT2D eigenvalue weighted by Crippen LogP contribution is 2.36. The maximum absolute atomic E-state index is 12.5. The highest BCUT2D eigenvalue weighted by molar-refractivity contribution is 6.32. The summed E-state index contributed by atoms with van der Waals surface area (Å²) in [4.78, 5) is 18.9. The molecule has 7 nitrogen and oxygen atoms in total. The van der Waals surface area contributed by atoms with Crippen molar-refractivity contribution in [1.82, 2.24) is 9.88 Å². The van der Waals surface area contributed by atoms with Gasteiger partial charge in [-0.2, -0.15) is 0 Å². The zero-order valence-electron chi connectivity index (χ0n) is 16.0. The van der Waals surface area contributed by atoms with Gasteiger partial charge in [-0.1, -0.05) is 11.6 Å². The smallest absolute Gasteiger partial charge is 0.257 e. The Hall–Kier alpha value is -2.51. The number of nitrogens with one attached hydrogen (secondary N) is 2. The number of pyridine rings is 1. The lowest BCUT2D eigenvalue weighted by Gasteiger charge is -2.13. The summed E-state index contributed by atoms with van der Waals surface area (Å²) in [6.45, 7) is 1.82. The Labute approximate surface area is 164 Å². The van der Waals surface area contributed by atoms with E-state index in [0.29, 0.717) is 27.8 Å². The van der Waals surface area contributed by atoms with Crippen LogP contribution >= 0.6 is 11.6 Å². The second-order valence-corrected chi connectivity index (χ2v) is 6.56. The molecule has 0 aliphatic heterocycles. The summed E-state index contributed by atoms with van der Waals surface area (Å²) in [6.07, 6.45) is 2.54. The molecule has 1 heterocycles. The van der Waals surface area contributed by atoms with Crippen LogP contribution in [-0.4, -0.2) is 57.2 Å². The third-order valence-corrected chi connectivity index (χ3v) is 4.13. The van der Waals surface area contributed by atoms with Crippen LogP contribution in [0.4, 0.5) is 11.5 Å². The van der Waals surface area contributed by atoms with E-state index in [4.69, 9.17) is 21.1 Å². The van der Waals surface area contributed by atoms with Crippen molar-refractivity contribution in [2.45, 2.75) is 6.42 Å². The number of nitrogens with zero attached hydrogens (tertiary/aromatic N) is 2. The van der Waals surface area contributed by atoms with Crippen LogP contribution in [0.1, 0.15) is 16.8 Å². The normalized spacial score (nSPS) is 10.6. The lowest BCUT2D eigenvalue weighted by Crippen LogP contribution is -2.17. The minimum atomic E-state index is -0.302. The minimum Gasteiger partial charge on any atom is -0.495 e. The molecule has 1 aromatic carbocycles.